The van der Waals surface area contributed by atoms with Gasteiger partial charge in [0.1, 0.15) is 11.5 Å². The van der Waals surface area contributed by atoms with Crippen molar-refractivity contribution in [3.05, 3.63) is 34.8 Å². The van der Waals surface area contributed by atoms with Gasteiger partial charge >= 0.3 is 0 Å². The van der Waals surface area contributed by atoms with Crippen molar-refractivity contribution in [3.63, 3.8) is 0 Å². The molecule has 25 heavy (non-hydrogen) atoms. The molecule has 0 saturated carbocycles. The number of rotatable bonds is 6. The Morgan fingerprint density at radius 1 is 1.40 bits per heavy atom. The largest absolute Gasteiger partial charge is 0.496 e. The van der Waals surface area contributed by atoms with Crippen LogP contribution in [0.1, 0.15) is 29.2 Å². The van der Waals surface area contributed by atoms with Gasteiger partial charge in [-0.3, -0.25) is 10.1 Å². The highest BCUT2D eigenvalue weighted by Gasteiger charge is 2.18. The highest BCUT2D eigenvalue weighted by Crippen LogP contribution is 2.31. The number of ether oxygens (including phenoxy) is 2. The second-order valence-corrected chi connectivity index (χ2v) is 7.12. The summed E-state index contributed by atoms with van der Waals surface area (Å²) in [6.07, 6.45) is 4.12. The Bertz CT molecular complexity index is 726. The quantitative estimate of drug-likeness (QED) is 0.828. The van der Waals surface area contributed by atoms with Gasteiger partial charge in [0.15, 0.2) is 11.7 Å². The molecular weight excluding hydrogens is 338 g/mol. The molecule has 2 N–H and O–H groups in total. The number of benzene rings is 1. The molecule has 0 spiro atoms. The van der Waals surface area contributed by atoms with Gasteiger partial charge in [0.25, 0.3) is 5.91 Å². The molecule has 134 valence electrons. The zero-order chi connectivity index (χ0) is 17.6. The summed E-state index contributed by atoms with van der Waals surface area (Å²) in [6.45, 7) is 3.97. The van der Waals surface area contributed by atoms with Crippen LogP contribution < -0.4 is 20.1 Å². The van der Waals surface area contributed by atoms with Crippen molar-refractivity contribution in [2.24, 2.45) is 0 Å². The Balaban J connectivity index is 1.51. The number of amides is 1. The lowest BCUT2D eigenvalue weighted by molar-refractivity contribution is -0.118. The van der Waals surface area contributed by atoms with Gasteiger partial charge < -0.3 is 14.8 Å². The van der Waals surface area contributed by atoms with Gasteiger partial charge in [-0.05, 0) is 62.5 Å². The molecule has 2 heterocycles. The van der Waals surface area contributed by atoms with Gasteiger partial charge in [-0.15, -0.1) is 11.3 Å². The summed E-state index contributed by atoms with van der Waals surface area (Å²) in [5, 5.41) is 6.80. The first kappa shape index (κ1) is 17.7. The van der Waals surface area contributed by atoms with E-state index in [9.17, 15) is 4.79 Å². The van der Waals surface area contributed by atoms with E-state index >= 15 is 0 Å². The maximum Gasteiger partial charge on any atom is 0.264 e. The molecule has 1 aliphatic rings. The van der Waals surface area contributed by atoms with E-state index in [1.165, 1.54) is 4.88 Å². The van der Waals surface area contributed by atoms with Crippen LogP contribution in [-0.4, -0.2) is 37.7 Å². The third-order valence-electron chi connectivity index (χ3n) is 4.25. The van der Waals surface area contributed by atoms with Crippen LogP contribution in [0.2, 0.25) is 0 Å². The average molecular weight is 361 g/mol. The van der Waals surface area contributed by atoms with E-state index in [2.05, 4.69) is 15.6 Å². The molecule has 0 unspecified atom stereocenters. The lowest BCUT2D eigenvalue weighted by Crippen LogP contribution is -2.26. The maximum atomic E-state index is 12.1. The summed E-state index contributed by atoms with van der Waals surface area (Å²) in [5.74, 6) is 1.77. The molecule has 0 atom stereocenters. The van der Waals surface area contributed by atoms with Crippen molar-refractivity contribution in [3.8, 4) is 11.5 Å². The number of nitrogens with one attached hydrogen (secondary N) is 2. The van der Waals surface area contributed by atoms with Gasteiger partial charge in [0.2, 0.25) is 0 Å². The predicted molar refractivity (Wildman–Crippen MR) is 98.8 cm³/mol. The Morgan fingerprint density at radius 3 is 2.92 bits per heavy atom. The third-order valence-corrected chi connectivity index (χ3v) is 5.32. The zero-order valence-electron chi connectivity index (χ0n) is 14.5. The minimum atomic E-state index is -0.209. The fourth-order valence-electron chi connectivity index (χ4n) is 2.88. The number of thiazole rings is 1. The topological polar surface area (TPSA) is 72.5 Å². The van der Waals surface area contributed by atoms with E-state index < -0.39 is 0 Å². The number of hydrogen-bond acceptors (Lipinski definition) is 6. The number of aromatic nitrogens is 1. The van der Waals surface area contributed by atoms with Crippen molar-refractivity contribution >= 4 is 22.4 Å². The van der Waals surface area contributed by atoms with Gasteiger partial charge in [-0.25, -0.2) is 4.98 Å². The fraction of sp³-hybridized carbons (Fsp3) is 0.444. The molecule has 2 aromatic rings. The van der Waals surface area contributed by atoms with E-state index in [1.807, 2.05) is 25.3 Å². The number of nitrogens with zero attached hydrogens (tertiary/aromatic N) is 1. The van der Waals surface area contributed by atoms with Crippen LogP contribution in [0.4, 0.5) is 5.13 Å². The van der Waals surface area contributed by atoms with E-state index in [0.717, 1.165) is 37.2 Å². The summed E-state index contributed by atoms with van der Waals surface area (Å²) in [7, 11) is 1.63. The Labute approximate surface area is 151 Å². The standard InChI is InChI=1S/C18H23N3O3S/c1-12-9-14(3-4-15(12)23-2)24-11-17(22)21-18-20-10-16(25-18)13-5-7-19-8-6-13/h3-4,9-10,13,19H,5-8,11H2,1-2H3,(H,20,21,22). The molecule has 1 aromatic carbocycles. The molecular formula is C18H23N3O3S. The SMILES string of the molecule is COc1ccc(OCC(=O)Nc2ncc(C3CCNCC3)s2)cc1C. The number of methoxy groups -OCH3 is 1. The highest BCUT2D eigenvalue weighted by molar-refractivity contribution is 7.15. The van der Waals surface area contributed by atoms with E-state index in [1.54, 1.807) is 24.5 Å². The summed E-state index contributed by atoms with van der Waals surface area (Å²) < 4.78 is 10.8. The molecule has 1 fully saturated rings. The van der Waals surface area contributed by atoms with E-state index in [0.29, 0.717) is 16.8 Å². The normalized spacial score (nSPS) is 15.0. The molecule has 1 aliphatic heterocycles. The minimum Gasteiger partial charge on any atom is -0.496 e. The van der Waals surface area contributed by atoms with Gasteiger partial charge in [-0.2, -0.15) is 0 Å². The van der Waals surface area contributed by atoms with Crippen molar-refractivity contribution in [1.29, 1.82) is 0 Å². The van der Waals surface area contributed by atoms with Crippen LogP contribution in [0.15, 0.2) is 24.4 Å². The molecule has 0 bridgehead atoms. The summed E-state index contributed by atoms with van der Waals surface area (Å²) >= 11 is 1.55. The minimum absolute atomic E-state index is 0.0476. The summed E-state index contributed by atoms with van der Waals surface area (Å²) in [6, 6.07) is 5.47. The first-order chi connectivity index (χ1) is 12.2. The van der Waals surface area contributed by atoms with Crippen LogP contribution in [0.25, 0.3) is 0 Å². The van der Waals surface area contributed by atoms with Crippen molar-refractivity contribution in [1.82, 2.24) is 10.3 Å². The Morgan fingerprint density at radius 2 is 2.20 bits per heavy atom. The lowest BCUT2D eigenvalue weighted by atomic mass is 9.97. The smallest absolute Gasteiger partial charge is 0.264 e. The van der Waals surface area contributed by atoms with Crippen molar-refractivity contribution in [2.45, 2.75) is 25.7 Å². The molecule has 3 rings (SSSR count). The number of carbonyl (C=O) groups excluding carboxylic acids is 1. The third kappa shape index (κ3) is 4.70. The van der Waals surface area contributed by atoms with E-state index in [-0.39, 0.29) is 12.5 Å². The molecule has 0 radical (unpaired) electrons. The van der Waals surface area contributed by atoms with Crippen molar-refractivity contribution < 1.29 is 14.3 Å². The predicted octanol–water partition coefficient (Wildman–Crippen LogP) is 2.94. The van der Waals surface area contributed by atoms with Crippen LogP contribution >= 0.6 is 11.3 Å². The second kappa shape index (κ2) is 8.31. The maximum absolute atomic E-state index is 12.1. The average Bonchev–Trinajstić information content (AvgIpc) is 3.09. The Hall–Kier alpha value is -2.12. The van der Waals surface area contributed by atoms with Crippen molar-refractivity contribution in [2.75, 3.05) is 32.1 Å². The number of piperidine rings is 1. The van der Waals surface area contributed by atoms with Crippen LogP contribution in [0.5, 0.6) is 11.5 Å². The molecule has 6 nitrogen and oxygen atoms in total. The zero-order valence-corrected chi connectivity index (χ0v) is 15.3. The monoisotopic (exact) mass is 361 g/mol. The number of anilines is 1. The number of carbonyl (C=O) groups is 1. The molecule has 1 amide bonds. The lowest BCUT2D eigenvalue weighted by Gasteiger charge is -2.20. The summed E-state index contributed by atoms with van der Waals surface area (Å²) in [5.41, 5.74) is 0.965. The second-order valence-electron chi connectivity index (χ2n) is 6.06. The first-order valence-corrected chi connectivity index (χ1v) is 9.21. The van der Waals surface area contributed by atoms with Crippen LogP contribution in [-0.2, 0) is 4.79 Å². The fourth-order valence-corrected chi connectivity index (χ4v) is 3.89. The molecule has 0 aliphatic carbocycles. The van der Waals surface area contributed by atoms with Gasteiger partial charge in [0, 0.05) is 11.1 Å². The molecule has 1 saturated heterocycles. The molecule has 1 aromatic heterocycles. The molecule has 7 heteroatoms. The highest BCUT2D eigenvalue weighted by atomic mass is 32.1. The van der Waals surface area contributed by atoms with Crippen LogP contribution in [0, 0.1) is 6.92 Å². The number of hydrogen-bond donors (Lipinski definition) is 2. The number of aryl methyl sites for hydroxylation is 1. The van der Waals surface area contributed by atoms with Gasteiger partial charge in [0.05, 0.1) is 7.11 Å². The summed E-state index contributed by atoms with van der Waals surface area (Å²) in [4.78, 5) is 17.6. The first-order valence-electron chi connectivity index (χ1n) is 8.39. The Kier molecular flexibility index (Phi) is 5.88. The van der Waals surface area contributed by atoms with Crippen LogP contribution in [0.3, 0.4) is 0 Å². The van der Waals surface area contributed by atoms with Gasteiger partial charge in [-0.1, -0.05) is 0 Å². The van der Waals surface area contributed by atoms with E-state index in [4.69, 9.17) is 9.47 Å².